The molecule has 0 aromatic heterocycles. The fourth-order valence-electron chi connectivity index (χ4n) is 3.20. The van der Waals surface area contributed by atoms with Gasteiger partial charge in [0.1, 0.15) is 24.4 Å². The Bertz CT molecular complexity index is 564. The van der Waals surface area contributed by atoms with Gasteiger partial charge < -0.3 is 61.2 Å². The number of nitrogens with two attached hydrogens (primary N) is 2. The fourth-order valence-corrected chi connectivity index (χ4v) is 3.20. The molecule has 1 saturated carbocycles. The van der Waals surface area contributed by atoms with Gasteiger partial charge in [0.25, 0.3) is 0 Å². The van der Waals surface area contributed by atoms with Crippen molar-refractivity contribution in [2.24, 2.45) is 11.5 Å². The number of carboxylic acid groups (broad SMARTS) is 2. The summed E-state index contributed by atoms with van der Waals surface area (Å²) in [6.45, 7) is -1.11. The van der Waals surface area contributed by atoms with Gasteiger partial charge >= 0.3 is 21.1 Å². The maximum Gasteiger partial charge on any atom is 2.00 e. The van der Waals surface area contributed by atoms with E-state index in [0.717, 1.165) is 12.8 Å². The van der Waals surface area contributed by atoms with E-state index in [-0.39, 0.29) is 33.1 Å². The van der Waals surface area contributed by atoms with Crippen LogP contribution in [0.4, 0.5) is 4.39 Å². The van der Waals surface area contributed by atoms with Crippen LogP contribution in [0.3, 0.4) is 0 Å². The van der Waals surface area contributed by atoms with Crippen molar-refractivity contribution in [1.82, 2.24) is 0 Å². The predicted molar refractivity (Wildman–Crippen MR) is 97.2 cm³/mol. The molecule has 14 heteroatoms. The quantitative estimate of drug-likeness (QED) is 0.107. The third kappa shape index (κ3) is 8.54. The maximum atomic E-state index is 13.5. The molecule has 0 radical (unpaired) electrons. The van der Waals surface area contributed by atoms with E-state index in [9.17, 15) is 39.5 Å². The predicted octanol–water partition coefficient (Wildman–Crippen LogP) is -5.00. The number of aliphatic carboxylic acids is 2. The molecule has 0 bridgehead atoms. The van der Waals surface area contributed by atoms with E-state index >= 15 is 0 Å². The van der Waals surface area contributed by atoms with Gasteiger partial charge in [-0.05, 0) is 25.7 Å². The largest absolute Gasteiger partial charge is 2.00 e. The van der Waals surface area contributed by atoms with Gasteiger partial charge in [0, 0.05) is 12.1 Å². The first-order valence-corrected chi connectivity index (χ1v) is 10.0. The molecule has 1 saturated heterocycles. The molecule has 1 heterocycles. The minimum absolute atomic E-state index is 0. The van der Waals surface area contributed by atoms with Crippen molar-refractivity contribution >= 4 is 11.9 Å². The number of hydrogen-bond acceptors (Lipinski definition) is 12. The van der Waals surface area contributed by atoms with Crippen LogP contribution in [0.2, 0.25) is 0 Å². The Kier molecular flexibility index (Phi) is 14.1. The topological polar surface area (TPSA) is 232 Å². The Hall–Kier alpha value is -0.762. The molecule has 12 nitrogen and oxygen atoms in total. The first-order valence-electron chi connectivity index (χ1n) is 10.0. The molecule has 1 aliphatic heterocycles. The van der Waals surface area contributed by atoms with Crippen molar-refractivity contribution in [3.63, 3.8) is 0 Å². The third-order valence-corrected chi connectivity index (χ3v) is 5.32. The number of carbonyl (C=O) groups excluding carboxylic acids is 2. The SMILES string of the molecule is N[C@@H]1CCCC[C@H]1N.O=C([O-])C(F)(CCCOC1O[C@H](CO)[C@H](O)[C@H](O)[C@H]1O)C(=O)[O-].[Pt+2]. The summed E-state index contributed by atoms with van der Waals surface area (Å²) in [5, 5.41) is 58.6. The van der Waals surface area contributed by atoms with Crippen molar-refractivity contribution in [2.75, 3.05) is 13.2 Å². The second-order valence-electron chi connectivity index (χ2n) is 7.66. The van der Waals surface area contributed by atoms with Crippen molar-refractivity contribution in [2.45, 2.75) is 87.0 Å². The zero-order valence-electron chi connectivity index (χ0n) is 17.3. The Balaban J connectivity index is 0.000000896. The Morgan fingerprint density at radius 3 is 1.94 bits per heavy atom. The van der Waals surface area contributed by atoms with Crippen LogP contribution < -0.4 is 21.7 Å². The van der Waals surface area contributed by atoms with Gasteiger partial charge in [-0.2, -0.15) is 0 Å². The van der Waals surface area contributed by atoms with Crippen LogP contribution in [0.1, 0.15) is 38.5 Å². The Morgan fingerprint density at radius 2 is 1.53 bits per heavy atom. The van der Waals surface area contributed by atoms with E-state index in [1.807, 2.05) is 0 Å². The van der Waals surface area contributed by atoms with Gasteiger partial charge in [-0.1, -0.05) is 12.8 Å². The van der Waals surface area contributed by atoms with Crippen molar-refractivity contribution in [3.05, 3.63) is 0 Å². The van der Waals surface area contributed by atoms with E-state index in [2.05, 4.69) is 0 Å². The summed E-state index contributed by atoms with van der Waals surface area (Å²) >= 11 is 0. The number of aliphatic hydroxyl groups is 4. The second-order valence-corrected chi connectivity index (χ2v) is 7.66. The number of alkyl halides is 1. The van der Waals surface area contributed by atoms with Gasteiger partial charge in [0.05, 0.1) is 25.2 Å². The molecule has 1 aliphatic carbocycles. The molecule has 0 aromatic carbocycles. The van der Waals surface area contributed by atoms with Crippen LogP contribution in [0.5, 0.6) is 0 Å². The van der Waals surface area contributed by atoms with Gasteiger partial charge in [-0.3, -0.25) is 0 Å². The normalized spacial score (nSPS) is 32.8. The summed E-state index contributed by atoms with van der Waals surface area (Å²) < 4.78 is 23.5. The van der Waals surface area contributed by atoms with Gasteiger partial charge in [0.15, 0.2) is 12.0 Å². The van der Waals surface area contributed by atoms with Crippen LogP contribution in [0, 0.1) is 0 Å². The molecule has 0 aromatic rings. The second kappa shape index (κ2) is 14.5. The van der Waals surface area contributed by atoms with E-state index < -0.39 is 74.4 Å². The molecule has 190 valence electrons. The first-order chi connectivity index (χ1) is 14.5. The molecule has 0 spiro atoms. The number of hydrogen-bond donors (Lipinski definition) is 6. The van der Waals surface area contributed by atoms with Crippen LogP contribution in [0.25, 0.3) is 0 Å². The van der Waals surface area contributed by atoms with Crippen LogP contribution in [-0.2, 0) is 40.1 Å². The average Bonchev–Trinajstić information content (AvgIpc) is 2.73. The summed E-state index contributed by atoms with van der Waals surface area (Å²) in [6.07, 6.45) is -4.22. The summed E-state index contributed by atoms with van der Waals surface area (Å²) in [7, 11) is 0. The number of carboxylic acids is 2. The van der Waals surface area contributed by atoms with Gasteiger partial charge in [-0.25, -0.2) is 4.39 Å². The van der Waals surface area contributed by atoms with Gasteiger partial charge in [0.2, 0.25) is 0 Å². The van der Waals surface area contributed by atoms with Crippen molar-refractivity contribution in [1.29, 1.82) is 0 Å². The fraction of sp³-hybridized carbons (Fsp3) is 0.889. The van der Waals surface area contributed by atoms with Crippen LogP contribution >= 0.6 is 0 Å². The van der Waals surface area contributed by atoms with Crippen LogP contribution in [-0.4, -0.2) is 94.0 Å². The van der Waals surface area contributed by atoms with Crippen LogP contribution in [0.15, 0.2) is 0 Å². The van der Waals surface area contributed by atoms with Crippen molar-refractivity contribution in [3.8, 4) is 0 Å². The minimum Gasteiger partial charge on any atom is -0.546 e. The number of aliphatic hydroxyl groups excluding tert-OH is 4. The standard InChI is InChI=1S/C12H19FO10.C6H14N2.Pt/c13-12(10(18)19,11(20)21)2-1-3-22-9-8(17)7(16)6(15)5(4-14)23-9;7-5-3-1-2-4-6(5)8;/h5-9,14-17H,1-4H2,(H,18,19)(H,20,21);5-6H,1-4,7-8H2;/q;;+2/p-2/t5-,6+,7+,8-,9?;5-,6-;/m11./s1. The number of ether oxygens (including phenoxy) is 2. The van der Waals surface area contributed by atoms with E-state index in [1.165, 1.54) is 12.8 Å². The maximum absolute atomic E-state index is 13.5. The van der Waals surface area contributed by atoms with Crippen molar-refractivity contribution < 1.29 is 75.2 Å². The first kappa shape index (κ1) is 31.2. The Morgan fingerprint density at radius 1 is 1.03 bits per heavy atom. The average molecular weight is 650 g/mol. The molecular formula is C18H31FN2O10Pt. The molecule has 7 atom stereocenters. The molecule has 2 rings (SSSR count). The molecule has 2 fully saturated rings. The number of carbonyl (C=O) groups is 2. The number of halogens is 1. The van der Waals surface area contributed by atoms with Gasteiger partial charge in [-0.15, -0.1) is 0 Å². The van der Waals surface area contributed by atoms with E-state index in [4.69, 9.17) is 26.0 Å². The molecule has 8 N–H and O–H groups in total. The van der Waals surface area contributed by atoms with E-state index in [1.54, 1.807) is 0 Å². The molecule has 32 heavy (non-hydrogen) atoms. The smallest absolute Gasteiger partial charge is 0.546 e. The molecule has 0 amide bonds. The summed E-state index contributed by atoms with van der Waals surface area (Å²) in [4.78, 5) is 20.9. The summed E-state index contributed by atoms with van der Waals surface area (Å²) in [6, 6.07) is 0.562. The minimum atomic E-state index is -3.68. The Labute approximate surface area is 198 Å². The summed E-state index contributed by atoms with van der Waals surface area (Å²) in [5.74, 6) is -4.91. The summed E-state index contributed by atoms with van der Waals surface area (Å²) in [5.41, 5.74) is 7.62. The van der Waals surface area contributed by atoms with E-state index in [0.29, 0.717) is 0 Å². The molecule has 2 aliphatic rings. The number of rotatable bonds is 8. The zero-order chi connectivity index (χ0) is 23.8. The molecular weight excluding hydrogens is 618 g/mol. The zero-order valence-corrected chi connectivity index (χ0v) is 19.6. The third-order valence-electron chi connectivity index (χ3n) is 5.32. The molecule has 1 unspecified atom stereocenters. The monoisotopic (exact) mass is 649 g/mol.